The molecule has 126 valence electrons. The van der Waals surface area contributed by atoms with Gasteiger partial charge >= 0.3 is 0 Å². The predicted octanol–water partition coefficient (Wildman–Crippen LogP) is 3.36. The first kappa shape index (κ1) is 16.5. The van der Waals surface area contributed by atoms with Crippen molar-refractivity contribution in [3.63, 3.8) is 0 Å². The lowest BCUT2D eigenvalue weighted by Crippen LogP contribution is -2.66. The Kier molecular flexibility index (Phi) is 3.82. The molecule has 1 aliphatic heterocycles. The van der Waals surface area contributed by atoms with Gasteiger partial charge in [0.25, 0.3) is 5.79 Å². The predicted molar refractivity (Wildman–Crippen MR) is 87.7 cm³/mol. The van der Waals surface area contributed by atoms with Crippen molar-refractivity contribution in [1.29, 1.82) is 0 Å². The Morgan fingerprint density at radius 3 is 2.13 bits per heavy atom. The van der Waals surface area contributed by atoms with Crippen LogP contribution in [-0.4, -0.2) is 30.2 Å². The van der Waals surface area contributed by atoms with Crippen molar-refractivity contribution in [2.24, 2.45) is 5.41 Å². The zero-order valence-corrected chi connectivity index (χ0v) is 14.6. The Morgan fingerprint density at radius 2 is 1.65 bits per heavy atom. The van der Waals surface area contributed by atoms with Crippen molar-refractivity contribution in [2.45, 2.75) is 52.1 Å². The second kappa shape index (κ2) is 5.33. The highest BCUT2D eigenvalue weighted by Crippen LogP contribution is 2.63. The number of rotatable bonds is 3. The Labute approximate surface area is 138 Å². The largest absolute Gasteiger partial charge is 0.489 e. The third-order valence-corrected chi connectivity index (χ3v) is 4.35. The van der Waals surface area contributed by atoms with E-state index in [-0.39, 0.29) is 11.5 Å². The van der Waals surface area contributed by atoms with Gasteiger partial charge < -0.3 is 19.3 Å². The molecule has 0 amide bonds. The van der Waals surface area contributed by atoms with Crippen LogP contribution in [0.4, 0.5) is 0 Å². The molecule has 23 heavy (non-hydrogen) atoms. The molecule has 1 heterocycles. The summed E-state index contributed by atoms with van der Waals surface area (Å²) < 4.78 is 17.9. The minimum Gasteiger partial charge on any atom is -0.489 e. The lowest BCUT2D eigenvalue weighted by Gasteiger charge is -2.57. The van der Waals surface area contributed by atoms with Gasteiger partial charge in [-0.05, 0) is 24.8 Å². The molecule has 3 rings (SSSR count). The minimum atomic E-state index is -1.34. The number of ether oxygens (including phenoxy) is 3. The first-order valence-electron chi connectivity index (χ1n) is 8.21. The molecule has 1 saturated heterocycles. The summed E-state index contributed by atoms with van der Waals surface area (Å²) in [5.41, 5.74) is -0.0301. The van der Waals surface area contributed by atoms with E-state index < -0.39 is 11.4 Å². The highest BCUT2D eigenvalue weighted by molar-refractivity contribution is 5.53. The van der Waals surface area contributed by atoms with Crippen LogP contribution in [0, 0.1) is 5.41 Å². The topological polar surface area (TPSA) is 47.9 Å². The molecule has 1 unspecified atom stereocenters. The molecule has 4 heteroatoms. The van der Waals surface area contributed by atoms with Gasteiger partial charge in [-0.3, -0.25) is 0 Å². The quantitative estimate of drug-likeness (QED) is 0.928. The van der Waals surface area contributed by atoms with E-state index in [1.165, 1.54) is 0 Å². The molecule has 2 aliphatic rings. The summed E-state index contributed by atoms with van der Waals surface area (Å²) in [5.74, 6) is -0.606. The van der Waals surface area contributed by atoms with Gasteiger partial charge in [-0.2, -0.15) is 0 Å². The molecule has 1 fully saturated rings. The summed E-state index contributed by atoms with van der Waals surface area (Å²) in [6, 6.07) is 9.57. The van der Waals surface area contributed by atoms with Crippen molar-refractivity contribution < 1.29 is 19.3 Å². The van der Waals surface area contributed by atoms with Crippen LogP contribution in [0.1, 0.15) is 40.2 Å². The van der Waals surface area contributed by atoms with Crippen LogP contribution in [0.15, 0.2) is 41.7 Å². The summed E-state index contributed by atoms with van der Waals surface area (Å²) in [5, 5.41) is 11.7. The van der Waals surface area contributed by atoms with E-state index in [1.807, 2.05) is 44.2 Å². The summed E-state index contributed by atoms with van der Waals surface area (Å²) in [6.45, 7) is 11.0. The fourth-order valence-corrected chi connectivity index (χ4v) is 3.62. The molecule has 1 aliphatic carbocycles. The Morgan fingerprint density at radius 1 is 1.09 bits per heavy atom. The molecule has 1 aromatic carbocycles. The van der Waals surface area contributed by atoms with Crippen molar-refractivity contribution in [3.05, 3.63) is 47.2 Å². The average molecular weight is 318 g/mol. The molecule has 1 aromatic rings. The normalized spacial score (nSPS) is 26.7. The van der Waals surface area contributed by atoms with Crippen molar-refractivity contribution in [3.8, 4) is 0 Å². The van der Waals surface area contributed by atoms with Crippen LogP contribution in [-0.2, 0) is 19.8 Å². The van der Waals surface area contributed by atoms with Crippen molar-refractivity contribution in [1.82, 2.24) is 0 Å². The lowest BCUT2D eigenvalue weighted by atomic mass is 9.59. The van der Waals surface area contributed by atoms with E-state index >= 15 is 0 Å². The summed E-state index contributed by atoms with van der Waals surface area (Å²) in [6.07, 6.45) is -0.0210. The summed E-state index contributed by atoms with van der Waals surface area (Å²) >= 11 is 0. The summed E-state index contributed by atoms with van der Waals surface area (Å²) in [4.78, 5) is 0. The van der Waals surface area contributed by atoms with Crippen LogP contribution in [0.2, 0.25) is 0 Å². The number of hydrogen-bond donors (Lipinski definition) is 1. The van der Waals surface area contributed by atoms with E-state index in [0.717, 1.165) is 11.1 Å². The summed E-state index contributed by atoms with van der Waals surface area (Å²) in [7, 11) is 0. The smallest absolute Gasteiger partial charge is 0.266 e. The van der Waals surface area contributed by atoms with Gasteiger partial charge in [-0.15, -0.1) is 0 Å². The fraction of sp³-hybridized carbons (Fsp3) is 0.579. The van der Waals surface area contributed by atoms with Gasteiger partial charge in [0.05, 0.1) is 19.3 Å². The van der Waals surface area contributed by atoms with E-state index in [1.54, 1.807) is 0 Å². The number of aliphatic hydroxyl groups is 1. The second-order valence-electron chi connectivity index (χ2n) is 7.51. The van der Waals surface area contributed by atoms with Crippen molar-refractivity contribution >= 4 is 0 Å². The molecule has 0 saturated carbocycles. The van der Waals surface area contributed by atoms with Crippen LogP contribution in [0.3, 0.4) is 0 Å². The lowest BCUT2D eigenvalue weighted by molar-refractivity contribution is -0.292. The molecule has 0 bridgehead atoms. The second-order valence-corrected chi connectivity index (χ2v) is 7.51. The molecule has 1 spiro atoms. The van der Waals surface area contributed by atoms with Gasteiger partial charge in [0.1, 0.15) is 0 Å². The number of benzene rings is 1. The van der Waals surface area contributed by atoms with Crippen LogP contribution in [0.5, 0.6) is 0 Å². The molecule has 0 aromatic heterocycles. The minimum absolute atomic E-state index is 0.0210. The van der Waals surface area contributed by atoms with E-state index in [0.29, 0.717) is 19.0 Å². The van der Waals surface area contributed by atoms with Gasteiger partial charge in [0.15, 0.2) is 11.4 Å². The molecular weight excluding hydrogens is 292 g/mol. The first-order chi connectivity index (χ1) is 10.7. The highest BCUT2D eigenvalue weighted by atomic mass is 16.8. The highest BCUT2D eigenvalue weighted by Gasteiger charge is 2.73. The Bertz CT molecular complexity index is 606. The standard InChI is InChI=1S/C19H26O4/c1-13(2)23-16-15(17(3,4)5)18(20,14-9-7-6-8-10-14)19(16)21-11-12-22-19/h6-10,13,20H,11-12H2,1-5H3. The SMILES string of the molecule is CC(C)OC1=C(C(C)(C)C)C(O)(c2ccccc2)C12OCCO2. The van der Waals surface area contributed by atoms with Crippen LogP contribution < -0.4 is 0 Å². The number of hydrogen-bond acceptors (Lipinski definition) is 4. The van der Waals surface area contributed by atoms with Crippen LogP contribution in [0.25, 0.3) is 0 Å². The zero-order chi connectivity index (χ0) is 16.9. The third-order valence-electron chi connectivity index (χ3n) is 4.35. The van der Waals surface area contributed by atoms with Crippen molar-refractivity contribution in [2.75, 3.05) is 13.2 Å². The van der Waals surface area contributed by atoms with Gasteiger partial charge in [0, 0.05) is 5.57 Å². The molecule has 4 nitrogen and oxygen atoms in total. The maximum Gasteiger partial charge on any atom is 0.266 e. The molecule has 1 N–H and O–H groups in total. The third kappa shape index (κ3) is 2.24. The van der Waals surface area contributed by atoms with E-state index in [4.69, 9.17) is 14.2 Å². The van der Waals surface area contributed by atoms with Gasteiger partial charge in [0.2, 0.25) is 0 Å². The maximum absolute atomic E-state index is 11.7. The Hall–Kier alpha value is -1.36. The van der Waals surface area contributed by atoms with E-state index in [9.17, 15) is 5.11 Å². The van der Waals surface area contributed by atoms with Crippen LogP contribution >= 0.6 is 0 Å². The monoisotopic (exact) mass is 318 g/mol. The maximum atomic E-state index is 11.7. The average Bonchev–Trinajstić information content (AvgIpc) is 2.98. The Balaban J connectivity index is 2.22. The van der Waals surface area contributed by atoms with E-state index in [2.05, 4.69) is 20.8 Å². The molecule has 1 atom stereocenters. The first-order valence-corrected chi connectivity index (χ1v) is 8.21. The molecule has 0 radical (unpaired) electrons. The fourth-order valence-electron chi connectivity index (χ4n) is 3.62. The van der Waals surface area contributed by atoms with Gasteiger partial charge in [-0.25, -0.2) is 0 Å². The molecular formula is C19H26O4. The zero-order valence-electron chi connectivity index (χ0n) is 14.6. The van der Waals surface area contributed by atoms with Gasteiger partial charge in [-0.1, -0.05) is 51.1 Å².